The zero-order valence-electron chi connectivity index (χ0n) is 18.3. The van der Waals surface area contributed by atoms with Crippen LogP contribution in [-0.2, 0) is 14.9 Å². The highest BCUT2D eigenvalue weighted by Gasteiger charge is 2.51. The third-order valence-electron chi connectivity index (χ3n) is 7.56. The summed E-state index contributed by atoms with van der Waals surface area (Å²) in [7, 11) is 0. The fourth-order valence-corrected chi connectivity index (χ4v) is 5.18. The maximum Gasteiger partial charge on any atom is 0.410 e. The van der Waals surface area contributed by atoms with Gasteiger partial charge in [-0.2, -0.15) is 0 Å². The Morgan fingerprint density at radius 1 is 1.16 bits per heavy atom. The zero-order valence-corrected chi connectivity index (χ0v) is 18.3. The lowest BCUT2D eigenvalue weighted by atomic mass is 9.94. The van der Waals surface area contributed by atoms with Crippen LogP contribution >= 0.6 is 0 Å². The molecule has 2 aromatic rings. The second-order valence-corrected chi connectivity index (χ2v) is 9.57. The van der Waals surface area contributed by atoms with E-state index in [-0.39, 0.29) is 24.1 Å². The molecule has 3 aliphatic rings. The second kappa shape index (κ2) is 7.59. The van der Waals surface area contributed by atoms with E-state index in [9.17, 15) is 14.7 Å². The molecule has 32 heavy (non-hydrogen) atoms. The number of benzene rings is 1. The Kier molecular flexibility index (Phi) is 4.97. The molecule has 1 saturated heterocycles. The molecule has 3 atom stereocenters. The van der Waals surface area contributed by atoms with Gasteiger partial charge in [-0.3, -0.25) is 9.78 Å². The first-order valence-corrected chi connectivity index (χ1v) is 11.4. The number of pyridine rings is 1. The number of carbonyl (C=O) groups excluding carboxylic acids is 2. The van der Waals surface area contributed by atoms with E-state index in [0.29, 0.717) is 19.4 Å². The van der Waals surface area contributed by atoms with E-state index in [1.807, 2.05) is 43.3 Å². The van der Waals surface area contributed by atoms with Gasteiger partial charge in [-0.1, -0.05) is 30.3 Å². The molecule has 7 heteroatoms. The fourth-order valence-electron chi connectivity index (χ4n) is 5.18. The Bertz CT molecular complexity index is 1030. The van der Waals surface area contributed by atoms with Crippen molar-refractivity contribution in [2.24, 2.45) is 5.73 Å². The number of carbonyl (C=O) groups is 2. The lowest BCUT2D eigenvalue weighted by Gasteiger charge is -2.41. The number of primary amides is 1. The average Bonchev–Trinajstić information content (AvgIpc) is 3.53. The van der Waals surface area contributed by atoms with Crippen molar-refractivity contribution in [3.63, 3.8) is 0 Å². The molecule has 2 amide bonds. The summed E-state index contributed by atoms with van der Waals surface area (Å²) in [6, 6.07) is 11.9. The predicted molar refractivity (Wildman–Crippen MR) is 119 cm³/mol. The van der Waals surface area contributed by atoms with E-state index in [4.69, 9.17) is 10.5 Å². The normalized spacial score (nSPS) is 27.2. The van der Waals surface area contributed by atoms with Crippen molar-refractivity contribution < 1.29 is 19.4 Å². The molecular formula is C25H29N3O4. The summed E-state index contributed by atoms with van der Waals surface area (Å²) in [5, 5.41) is 9.86. The fraction of sp³-hybridized carbons (Fsp3) is 0.480. The molecule has 7 nitrogen and oxygen atoms in total. The number of rotatable bonds is 5. The monoisotopic (exact) mass is 435 g/mol. The van der Waals surface area contributed by atoms with E-state index >= 15 is 0 Å². The minimum atomic E-state index is -0.573. The van der Waals surface area contributed by atoms with Gasteiger partial charge in [0.2, 0.25) is 5.91 Å². The number of hydrogen-bond donors (Lipinski definition) is 2. The van der Waals surface area contributed by atoms with Gasteiger partial charge in [-0.05, 0) is 49.8 Å². The van der Waals surface area contributed by atoms with Gasteiger partial charge in [-0.25, -0.2) is 4.79 Å². The highest BCUT2D eigenvalue weighted by atomic mass is 16.6. The molecule has 1 aromatic heterocycles. The van der Waals surface area contributed by atoms with Crippen molar-refractivity contribution in [2.75, 3.05) is 6.54 Å². The summed E-state index contributed by atoms with van der Waals surface area (Å²) in [5.41, 5.74) is 8.25. The van der Waals surface area contributed by atoms with Crippen LogP contribution in [0.3, 0.4) is 0 Å². The third kappa shape index (κ3) is 3.54. The molecular weight excluding hydrogens is 406 g/mol. The minimum Gasteiger partial charge on any atom is -0.443 e. The molecule has 2 saturated carbocycles. The van der Waals surface area contributed by atoms with Crippen LogP contribution in [0.25, 0.3) is 11.1 Å². The van der Waals surface area contributed by atoms with E-state index in [0.717, 1.165) is 48.1 Å². The molecule has 168 valence electrons. The van der Waals surface area contributed by atoms with Gasteiger partial charge in [-0.15, -0.1) is 0 Å². The van der Waals surface area contributed by atoms with E-state index in [1.165, 1.54) is 0 Å². The number of nitrogens with two attached hydrogens (primary N) is 1. The van der Waals surface area contributed by atoms with Gasteiger partial charge < -0.3 is 20.5 Å². The first-order chi connectivity index (χ1) is 15.3. The summed E-state index contributed by atoms with van der Waals surface area (Å²) >= 11 is 0. The first kappa shape index (κ1) is 20.9. The summed E-state index contributed by atoms with van der Waals surface area (Å²) < 4.78 is 5.80. The van der Waals surface area contributed by atoms with Gasteiger partial charge in [0.25, 0.3) is 0 Å². The van der Waals surface area contributed by atoms with Crippen LogP contribution in [0.1, 0.15) is 62.7 Å². The molecule has 5 rings (SSSR count). The Hall–Kier alpha value is -2.93. The SMILES string of the molecule is CC(c1ccc(-c2ccc(C3(C(N)=O)CC3)nc2)cc1)N1CC[C@]2(CC[C@@H](O)C2)OC1=O. The van der Waals surface area contributed by atoms with E-state index < -0.39 is 11.0 Å². The molecule has 1 aliphatic heterocycles. The first-order valence-electron chi connectivity index (χ1n) is 11.4. The molecule has 3 fully saturated rings. The number of ether oxygens (including phenoxy) is 1. The van der Waals surface area contributed by atoms with Crippen molar-refractivity contribution in [3.8, 4) is 11.1 Å². The van der Waals surface area contributed by atoms with Crippen LogP contribution < -0.4 is 5.73 Å². The Balaban J connectivity index is 1.27. The van der Waals surface area contributed by atoms with Crippen molar-refractivity contribution >= 4 is 12.0 Å². The maximum atomic E-state index is 12.7. The molecule has 1 unspecified atom stereocenters. The minimum absolute atomic E-state index is 0.106. The Morgan fingerprint density at radius 2 is 1.88 bits per heavy atom. The quantitative estimate of drug-likeness (QED) is 0.748. The lowest BCUT2D eigenvalue weighted by molar-refractivity contribution is -0.120. The smallest absolute Gasteiger partial charge is 0.410 e. The Labute approximate surface area is 187 Å². The van der Waals surface area contributed by atoms with Gasteiger partial charge in [0, 0.05) is 31.1 Å². The number of aromatic nitrogens is 1. The number of aliphatic hydroxyl groups is 1. The number of nitrogens with zero attached hydrogens (tertiary/aromatic N) is 2. The Morgan fingerprint density at radius 3 is 2.41 bits per heavy atom. The van der Waals surface area contributed by atoms with Gasteiger partial charge >= 0.3 is 6.09 Å². The predicted octanol–water partition coefficient (Wildman–Crippen LogP) is 3.45. The molecule has 2 aliphatic carbocycles. The van der Waals surface area contributed by atoms with Gasteiger partial charge in [0.05, 0.1) is 23.3 Å². The molecule has 0 bridgehead atoms. The van der Waals surface area contributed by atoms with E-state index in [1.54, 1.807) is 11.1 Å². The largest absolute Gasteiger partial charge is 0.443 e. The molecule has 0 radical (unpaired) electrons. The van der Waals surface area contributed by atoms with Crippen molar-refractivity contribution in [2.45, 2.75) is 68.6 Å². The summed E-state index contributed by atoms with van der Waals surface area (Å²) in [4.78, 5) is 30.7. The van der Waals surface area contributed by atoms with Crippen LogP contribution in [0.2, 0.25) is 0 Å². The summed E-state index contributed by atoms with van der Waals surface area (Å²) in [6.45, 7) is 2.63. The maximum absolute atomic E-state index is 12.7. The molecule has 2 heterocycles. The molecule has 1 spiro atoms. The van der Waals surface area contributed by atoms with Crippen LogP contribution in [0.4, 0.5) is 4.79 Å². The lowest BCUT2D eigenvalue weighted by Crippen LogP contribution is -2.49. The van der Waals surface area contributed by atoms with Crippen LogP contribution in [0.15, 0.2) is 42.6 Å². The molecule has 3 N–H and O–H groups in total. The standard InChI is InChI=1S/C25H29N3O4/c1-16(28-13-12-24(32-23(28)31)9-8-20(29)14-24)17-2-4-18(5-3-17)19-6-7-21(27-15-19)25(10-11-25)22(26)30/h2-7,15-16,20,29H,8-14H2,1H3,(H2,26,30)/t16?,20-,24+/m1/s1. The molecule has 1 aromatic carbocycles. The second-order valence-electron chi connectivity index (χ2n) is 9.57. The third-order valence-corrected chi connectivity index (χ3v) is 7.56. The van der Waals surface area contributed by atoms with Gasteiger partial charge in [0.1, 0.15) is 5.60 Å². The van der Waals surface area contributed by atoms with Crippen LogP contribution in [-0.4, -0.2) is 45.2 Å². The number of hydrogen-bond acceptors (Lipinski definition) is 5. The highest BCUT2D eigenvalue weighted by molar-refractivity contribution is 5.89. The zero-order chi connectivity index (χ0) is 22.5. The highest BCUT2D eigenvalue weighted by Crippen LogP contribution is 2.47. The van der Waals surface area contributed by atoms with Crippen molar-refractivity contribution in [1.82, 2.24) is 9.88 Å². The topological polar surface area (TPSA) is 106 Å². The van der Waals surface area contributed by atoms with Crippen molar-refractivity contribution in [3.05, 3.63) is 53.9 Å². The summed E-state index contributed by atoms with van der Waals surface area (Å²) in [5.74, 6) is -0.303. The number of amides is 2. The van der Waals surface area contributed by atoms with Crippen LogP contribution in [0.5, 0.6) is 0 Å². The van der Waals surface area contributed by atoms with Gasteiger partial charge in [0.15, 0.2) is 0 Å². The van der Waals surface area contributed by atoms with Crippen molar-refractivity contribution in [1.29, 1.82) is 0 Å². The average molecular weight is 436 g/mol. The number of aliphatic hydroxyl groups excluding tert-OH is 1. The summed E-state index contributed by atoms with van der Waals surface area (Å²) in [6.07, 6.45) is 5.39. The van der Waals surface area contributed by atoms with Crippen LogP contribution in [0, 0.1) is 0 Å². The van der Waals surface area contributed by atoms with E-state index in [2.05, 4.69) is 4.98 Å².